The Morgan fingerprint density at radius 1 is 1.11 bits per heavy atom. The number of carbonyl (C=O) groups excluding carboxylic acids is 3. The van der Waals surface area contributed by atoms with Crippen LogP contribution in [0.5, 0.6) is 0 Å². The van der Waals surface area contributed by atoms with Gasteiger partial charge in [-0.2, -0.15) is 0 Å². The lowest BCUT2D eigenvalue weighted by Gasteiger charge is -2.20. The van der Waals surface area contributed by atoms with Gasteiger partial charge < -0.3 is 19.4 Å². The highest BCUT2D eigenvalue weighted by atomic mass is 16.6. The SMILES string of the molecule is CN(CC(=O)NCc1ccco1)C(=O)c1ccc(NC(=O)OC(C)(C)C)cc1. The molecule has 0 fully saturated rings. The Hall–Kier alpha value is -3.29. The molecule has 1 heterocycles. The molecule has 8 heteroatoms. The Morgan fingerprint density at radius 3 is 2.36 bits per heavy atom. The van der Waals surface area contributed by atoms with Crippen molar-refractivity contribution in [3.05, 3.63) is 54.0 Å². The minimum Gasteiger partial charge on any atom is -0.467 e. The van der Waals surface area contributed by atoms with Crippen molar-refractivity contribution in [1.82, 2.24) is 10.2 Å². The van der Waals surface area contributed by atoms with Crippen LogP contribution in [0.25, 0.3) is 0 Å². The first-order valence-electron chi connectivity index (χ1n) is 8.78. The second-order valence-corrected chi connectivity index (χ2v) is 7.22. The van der Waals surface area contributed by atoms with E-state index in [-0.39, 0.29) is 24.9 Å². The van der Waals surface area contributed by atoms with Crippen molar-refractivity contribution in [2.75, 3.05) is 18.9 Å². The first-order chi connectivity index (χ1) is 13.1. The van der Waals surface area contributed by atoms with E-state index in [2.05, 4.69) is 10.6 Å². The summed E-state index contributed by atoms with van der Waals surface area (Å²) in [5, 5.41) is 5.28. The number of benzene rings is 1. The molecule has 0 atom stereocenters. The molecule has 8 nitrogen and oxygen atoms in total. The molecule has 28 heavy (non-hydrogen) atoms. The molecular formula is C20H25N3O5. The number of carbonyl (C=O) groups is 3. The molecule has 150 valence electrons. The summed E-state index contributed by atoms with van der Waals surface area (Å²) >= 11 is 0. The van der Waals surface area contributed by atoms with Crippen molar-refractivity contribution in [1.29, 1.82) is 0 Å². The number of amides is 3. The first kappa shape index (κ1) is 21.0. The highest BCUT2D eigenvalue weighted by Gasteiger charge is 2.17. The number of furan rings is 1. The zero-order chi connectivity index (χ0) is 20.7. The Labute approximate surface area is 163 Å². The van der Waals surface area contributed by atoms with Crippen LogP contribution in [-0.2, 0) is 16.1 Å². The van der Waals surface area contributed by atoms with Crippen LogP contribution in [0, 0.1) is 0 Å². The van der Waals surface area contributed by atoms with Crippen LogP contribution in [0.3, 0.4) is 0 Å². The van der Waals surface area contributed by atoms with Gasteiger partial charge >= 0.3 is 6.09 Å². The van der Waals surface area contributed by atoms with Gasteiger partial charge in [0.25, 0.3) is 5.91 Å². The minimum absolute atomic E-state index is 0.0859. The predicted octanol–water partition coefficient (Wildman–Crippen LogP) is 3.02. The van der Waals surface area contributed by atoms with Gasteiger partial charge in [0, 0.05) is 18.3 Å². The van der Waals surface area contributed by atoms with E-state index in [0.717, 1.165) is 0 Å². The molecule has 0 unspecified atom stereocenters. The number of anilines is 1. The van der Waals surface area contributed by atoms with E-state index in [0.29, 0.717) is 17.0 Å². The molecule has 1 aromatic heterocycles. The monoisotopic (exact) mass is 387 g/mol. The topological polar surface area (TPSA) is 101 Å². The maximum absolute atomic E-state index is 12.4. The van der Waals surface area contributed by atoms with Crippen molar-refractivity contribution < 1.29 is 23.5 Å². The summed E-state index contributed by atoms with van der Waals surface area (Å²) in [5.41, 5.74) is 0.306. The van der Waals surface area contributed by atoms with Crippen LogP contribution in [0.15, 0.2) is 47.1 Å². The lowest BCUT2D eigenvalue weighted by Crippen LogP contribution is -2.38. The van der Waals surface area contributed by atoms with Crippen LogP contribution in [0.1, 0.15) is 36.9 Å². The van der Waals surface area contributed by atoms with E-state index < -0.39 is 11.7 Å². The molecule has 0 radical (unpaired) electrons. The Bertz CT molecular complexity index is 807. The predicted molar refractivity (Wildman–Crippen MR) is 104 cm³/mol. The van der Waals surface area contributed by atoms with Crippen molar-refractivity contribution in [2.24, 2.45) is 0 Å². The molecule has 0 aliphatic heterocycles. The standard InChI is InChI=1S/C20H25N3O5/c1-20(2,3)28-19(26)22-15-9-7-14(8-10-15)18(25)23(4)13-17(24)21-12-16-6-5-11-27-16/h5-11H,12-13H2,1-4H3,(H,21,24)(H,22,26). The Balaban J connectivity index is 1.85. The third-order valence-electron chi connectivity index (χ3n) is 3.54. The average Bonchev–Trinajstić information content (AvgIpc) is 3.12. The van der Waals surface area contributed by atoms with Crippen LogP contribution in [0.4, 0.5) is 10.5 Å². The summed E-state index contributed by atoms with van der Waals surface area (Å²) in [6.45, 7) is 5.50. The van der Waals surface area contributed by atoms with Crippen molar-refractivity contribution in [3.8, 4) is 0 Å². The number of hydrogen-bond acceptors (Lipinski definition) is 5. The molecule has 3 amide bonds. The van der Waals surface area contributed by atoms with Gasteiger partial charge in [-0.1, -0.05) is 0 Å². The van der Waals surface area contributed by atoms with E-state index in [1.165, 1.54) is 11.2 Å². The van der Waals surface area contributed by atoms with Gasteiger partial charge in [-0.05, 0) is 57.2 Å². The molecule has 0 aliphatic carbocycles. The normalized spacial score (nSPS) is 10.9. The minimum atomic E-state index is -0.597. The van der Waals surface area contributed by atoms with Gasteiger partial charge in [-0.15, -0.1) is 0 Å². The average molecular weight is 387 g/mol. The second-order valence-electron chi connectivity index (χ2n) is 7.22. The van der Waals surface area contributed by atoms with E-state index in [9.17, 15) is 14.4 Å². The van der Waals surface area contributed by atoms with Crippen molar-refractivity contribution in [2.45, 2.75) is 32.9 Å². The Kier molecular flexibility index (Phi) is 6.81. The summed E-state index contributed by atoms with van der Waals surface area (Å²) in [5.74, 6) is 0.0304. The number of hydrogen-bond donors (Lipinski definition) is 2. The van der Waals surface area contributed by atoms with Crippen LogP contribution in [0.2, 0.25) is 0 Å². The molecular weight excluding hydrogens is 362 g/mol. The molecule has 0 saturated carbocycles. The van der Waals surface area contributed by atoms with Crippen LogP contribution >= 0.6 is 0 Å². The maximum atomic E-state index is 12.4. The van der Waals surface area contributed by atoms with E-state index in [1.807, 2.05) is 0 Å². The van der Waals surface area contributed by atoms with E-state index in [4.69, 9.17) is 9.15 Å². The van der Waals surface area contributed by atoms with Crippen molar-refractivity contribution >= 4 is 23.6 Å². The largest absolute Gasteiger partial charge is 0.467 e. The molecule has 1 aromatic carbocycles. The maximum Gasteiger partial charge on any atom is 0.412 e. The van der Waals surface area contributed by atoms with Gasteiger partial charge in [-0.25, -0.2) is 4.79 Å². The molecule has 0 bridgehead atoms. The lowest BCUT2D eigenvalue weighted by atomic mass is 10.2. The zero-order valence-corrected chi connectivity index (χ0v) is 16.4. The number of nitrogens with zero attached hydrogens (tertiary/aromatic N) is 1. The highest BCUT2D eigenvalue weighted by Crippen LogP contribution is 2.14. The summed E-state index contributed by atoms with van der Waals surface area (Å²) in [7, 11) is 1.54. The third kappa shape index (κ3) is 6.79. The molecule has 2 N–H and O–H groups in total. The fraction of sp³-hybridized carbons (Fsp3) is 0.350. The molecule has 0 saturated heterocycles. The number of likely N-dealkylation sites (N-methyl/N-ethyl adjacent to an activating group) is 1. The summed E-state index contributed by atoms with van der Waals surface area (Å²) in [4.78, 5) is 37.5. The second kappa shape index (κ2) is 9.07. The molecule has 2 aromatic rings. The quantitative estimate of drug-likeness (QED) is 0.793. The number of nitrogens with one attached hydrogen (secondary N) is 2. The van der Waals surface area contributed by atoms with Crippen molar-refractivity contribution in [3.63, 3.8) is 0 Å². The number of rotatable bonds is 6. The smallest absolute Gasteiger partial charge is 0.412 e. The van der Waals surface area contributed by atoms with Gasteiger partial charge in [0.05, 0.1) is 19.4 Å². The van der Waals surface area contributed by atoms with Gasteiger partial charge in [0.2, 0.25) is 5.91 Å². The summed E-state index contributed by atoms with van der Waals surface area (Å²) in [6.07, 6.45) is 0.954. The van der Waals surface area contributed by atoms with E-state index >= 15 is 0 Å². The van der Waals surface area contributed by atoms with Crippen LogP contribution in [-0.4, -0.2) is 42.0 Å². The first-order valence-corrected chi connectivity index (χ1v) is 8.78. The fourth-order valence-corrected chi connectivity index (χ4v) is 2.28. The Morgan fingerprint density at radius 2 is 1.79 bits per heavy atom. The molecule has 0 spiro atoms. The zero-order valence-electron chi connectivity index (χ0n) is 16.4. The fourth-order valence-electron chi connectivity index (χ4n) is 2.28. The molecule has 0 aliphatic rings. The van der Waals surface area contributed by atoms with Gasteiger partial charge in [-0.3, -0.25) is 14.9 Å². The lowest BCUT2D eigenvalue weighted by molar-refractivity contribution is -0.121. The summed E-state index contributed by atoms with van der Waals surface area (Å²) < 4.78 is 10.3. The van der Waals surface area contributed by atoms with Gasteiger partial charge in [0.15, 0.2) is 0 Å². The van der Waals surface area contributed by atoms with Gasteiger partial charge in [0.1, 0.15) is 11.4 Å². The van der Waals surface area contributed by atoms with E-state index in [1.54, 1.807) is 64.2 Å². The highest BCUT2D eigenvalue weighted by molar-refractivity contribution is 5.97. The summed E-state index contributed by atoms with van der Waals surface area (Å²) in [6, 6.07) is 9.84. The number of ether oxygens (including phenoxy) is 1. The molecule has 2 rings (SSSR count). The van der Waals surface area contributed by atoms with Crippen LogP contribution < -0.4 is 10.6 Å². The third-order valence-corrected chi connectivity index (χ3v) is 3.54.